The molecule has 0 amide bonds. The molecule has 7 nitrogen and oxygen atoms in total. The Labute approximate surface area is 129 Å². The monoisotopic (exact) mass is 309 g/mol. The summed E-state index contributed by atoms with van der Waals surface area (Å²) in [5.41, 5.74) is 0. The van der Waals surface area contributed by atoms with Gasteiger partial charge in [0.05, 0.1) is 6.54 Å². The zero-order valence-electron chi connectivity index (χ0n) is 12.8. The molecule has 0 aliphatic carbocycles. The van der Waals surface area contributed by atoms with Crippen LogP contribution in [0, 0.1) is 0 Å². The van der Waals surface area contributed by atoms with E-state index in [2.05, 4.69) is 33.8 Å². The minimum Gasteiger partial charge on any atom is -0.341 e. The van der Waals surface area contributed by atoms with Gasteiger partial charge in [0, 0.05) is 39.6 Å². The zero-order valence-corrected chi connectivity index (χ0v) is 13.5. The molecule has 0 saturated heterocycles. The first kappa shape index (κ1) is 15.5. The average molecular weight is 310 g/mol. The zero-order chi connectivity index (χ0) is 15.4. The van der Waals surface area contributed by atoms with Gasteiger partial charge in [-0.15, -0.1) is 0 Å². The molecule has 0 bridgehead atoms. The van der Waals surface area contributed by atoms with Crippen molar-refractivity contribution in [3.8, 4) is 0 Å². The van der Waals surface area contributed by atoms with Crippen LogP contribution in [0.5, 0.6) is 0 Å². The van der Waals surface area contributed by atoms with E-state index in [-0.39, 0.29) is 5.28 Å². The van der Waals surface area contributed by atoms with Gasteiger partial charge in [-0.2, -0.15) is 15.0 Å². The number of aryl methyl sites for hydroxylation is 1. The highest BCUT2D eigenvalue weighted by Gasteiger charge is 2.14. The van der Waals surface area contributed by atoms with Gasteiger partial charge in [0.2, 0.25) is 17.2 Å². The highest BCUT2D eigenvalue weighted by atomic mass is 35.5. The normalized spacial score (nSPS) is 10.7. The molecule has 0 saturated carbocycles. The molecular formula is C13H20ClN7. The third-order valence-electron chi connectivity index (χ3n) is 3.27. The van der Waals surface area contributed by atoms with Gasteiger partial charge >= 0.3 is 0 Å². The minimum atomic E-state index is 0.202. The molecule has 0 N–H and O–H groups in total. The van der Waals surface area contributed by atoms with Crippen LogP contribution in [0.2, 0.25) is 5.28 Å². The molecule has 0 atom stereocenters. The number of hydrogen-bond donors (Lipinski definition) is 0. The second-order valence-electron chi connectivity index (χ2n) is 4.69. The molecule has 8 heteroatoms. The number of anilines is 2. The lowest BCUT2D eigenvalue weighted by Crippen LogP contribution is -2.27. The number of nitrogens with zero attached hydrogens (tertiary/aromatic N) is 7. The Morgan fingerprint density at radius 1 is 1.14 bits per heavy atom. The quantitative estimate of drug-likeness (QED) is 0.810. The third kappa shape index (κ3) is 3.60. The Morgan fingerprint density at radius 3 is 2.38 bits per heavy atom. The van der Waals surface area contributed by atoms with E-state index in [9.17, 15) is 0 Å². The molecule has 2 aromatic rings. The predicted molar refractivity (Wildman–Crippen MR) is 83.7 cm³/mol. The standard InChI is InChI=1S/C13H20ClN7/c1-5-21(6-2)13-17-11(14)16-12(18-13)20(4)9-10-15-7-8-19(10)3/h7-8H,5-6,9H2,1-4H3. The number of rotatable bonds is 6. The van der Waals surface area contributed by atoms with Gasteiger partial charge in [0.1, 0.15) is 5.82 Å². The highest BCUT2D eigenvalue weighted by Crippen LogP contribution is 2.17. The fraction of sp³-hybridized carbons (Fsp3) is 0.538. The van der Waals surface area contributed by atoms with Gasteiger partial charge in [-0.3, -0.25) is 0 Å². The van der Waals surface area contributed by atoms with Crippen molar-refractivity contribution in [3.63, 3.8) is 0 Å². The van der Waals surface area contributed by atoms with Gasteiger partial charge in [-0.25, -0.2) is 4.98 Å². The van der Waals surface area contributed by atoms with E-state index in [0.717, 1.165) is 18.9 Å². The first-order valence-corrected chi connectivity index (χ1v) is 7.26. The van der Waals surface area contributed by atoms with Crippen molar-refractivity contribution in [2.24, 2.45) is 7.05 Å². The number of aromatic nitrogens is 5. The molecule has 0 aromatic carbocycles. The molecule has 0 fully saturated rings. The van der Waals surface area contributed by atoms with Crippen LogP contribution in [0.3, 0.4) is 0 Å². The maximum atomic E-state index is 6.03. The minimum absolute atomic E-state index is 0.202. The van der Waals surface area contributed by atoms with E-state index in [1.165, 1.54) is 0 Å². The largest absolute Gasteiger partial charge is 0.341 e. The lowest BCUT2D eigenvalue weighted by Gasteiger charge is -2.21. The SMILES string of the molecule is CCN(CC)c1nc(Cl)nc(N(C)Cc2nccn2C)n1. The van der Waals surface area contributed by atoms with Gasteiger partial charge in [-0.1, -0.05) is 0 Å². The van der Waals surface area contributed by atoms with Crippen LogP contribution in [0.25, 0.3) is 0 Å². The molecule has 0 radical (unpaired) electrons. The van der Waals surface area contributed by atoms with Crippen LogP contribution in [-0.4, -0.2) is 44.6 Å². The smallest absolute Gasteiger partial charge is 0.231 e. The first-order chi connectivity index (χ1) is 10.0. The van der Waals surface area contributed by atoms with Crippen LogP contribution in [0.15, 0.2) is 12.4 Å². The lowest BCUT2D eigenvalue weighted by atomic mass is 10.5. The molecule has 0 aliphatic heterocycles. The maximum Gasteiger partial charge on any atom is 0.231 e. The molecule has 2 rings (SSSR count). The molecule has 114 valence electrons. The topological polar surface area (TPSA) is 63.0 Å². The first-order valence-electron chi connectivity index (χ1n) is 6.89. The van der Waals surface area contributed by atoms with Crippen LogP contribution < -0.4 is 9.80 Å². The fourth-order valence-electron chi connectivity index (χ4n) is 1.98. The Bertz CT molecular complexity index is 594. The van der Waals surface area contributed by atoms with Crippen LogP contribution >= 0.6 is 11.6 Å². The molecule has 0 unspecified atom stereocenters. The van der Waals surface area contributed by atoms with Crippen LogP contribution in [-0.2, 0) is 13.6 Å². The van der Waals surface area contributed by atoms with Crippen molar-refractivity contribution >= 4 is 23.5 Å². The van der Waals surface area contributed by atoms with Gasteiger partial charge in [-0.05, 0) is 25.4 Å². The summed E-state index contributed by atoms with van der Waals surface area (Å²) in [5, 5.41) is 0.202. The van der Waals surface area contributed by atoms with E-state index < -0.39 is 0 Å². The van der Waals surface area contributed by atoms with Gasteiger partial charge in [0.25, 0.3) is 0 Å². The van der Waals surface area contributed by atoms with Crippen LogP contribution in [0.4, 0.5) is 11.9 Å². The van der Waals surface area contributed by atoms with Crippen molar-refractivity contribution in [2.75, 3.05) is 29.9 Å². The molecular weight excluding hydrogens is 290 g/mol. The summed E-state index contributed by atoms with van der Waals surface area (Å²) in [7, 11) is 3.87. The second kappa shape index (κ2) is 6.71. The number of imidazole rings is 1. The van der Waals surface area contributed by atoms with E-state index in [4.69, 9.17) is 11.6 Å². The molecule has 21 heavy (non-hydrogen) atoms. The summed E-state index contributed by atoms with van der Waals surface area (Å²) in [6.45, 7) is 6.34. The Kier molecular flexibility index (Phi) is 4.95. The van der Waals surface area contributed by atoms with E-state index in [1.54, 1.807) is 6.20 Å². The second-order valence-corrected chi connectivity index (χ2v) is 5.03. The molecule has 0 aliphatic rings. The van der Waals surface area contributed by atoms with Gasteiger partial charge in [0.15, 0.2) is 0 Å². The van der Waals surface area contributed by atoms with Crippen molar-refractivity contribution in [1.82, 2.24) is 24.5 Å². The maximum absolute atomic E-state index is 6.03. The summed E-state index contributed by atoms with van der Waals surface area (Å²) in [6.07, 6.45) is 3.68. The van der Waals surface area contributed by atoms with E-state index in [0.29, 0.717) is 18.4 Å². The van der Waals surface area contributed by atoms with E-state index >= 15 is 0 Å². The van der Waals surface area contributed by atoms with E-state index in [1.807, 2.05) is 34.7 Å². The lowest BCUT2D eigenvalue weighted by molar-refractivity contribution is 0.737. The van der Waals surface area contributed by atoms with Crippen LogP contribution in [0.1, 0.15) is 19.7 Å². The van der Waals surface area contributed by atoms with Crippen molar-refractivity contribution in [1.29, 1.82) is 0 Å². The number of hydrogen-bond acceptors (Lipinski definition) is 6. The summed E-state index contributed by atoms with van der Waals surface area (Å²) >= 11 is 6.03. The molecule has 2 heterocycles. The average Bonchev–Trinajstić information content (AvgIpc) is 2.85. The fourth-order valence-corrected chi connectivity index (χ4v) is 2.13. The summed E-state index contributed by atoms with van der Waals surface area (Å²) < 4.78 is 1.96. The summed E-state index contributed by atoms with van der Waals surface area (Å²) in [6, 6.07) is 0. The Hall–Kier alpha value is -1.89. The summed E-state index contributed by atoms with van der Waals surface area (Å²) in [4.78, 5) is 21.1. The Balaban J connectivity index is 2.24. The highest BCUT2D eigenvalue weighted by molar-refractivity contribution is 6.28. The van der Waals surface area contributed by atoms with Crippen molar-refractivity contribution < 1.29 is 0 Å². The van der Waals surface area contributed by atoms with Crippen molar-refractivity contribution in [3.05, 3.63) is 23.5 Å². The number of halogens is 1. The predicted octanol–water partition coefficient (Wildman–Crippen LogP) is 1.74. The molecule has 2 aromatic heterocycles. The Morgan fingerprint density at radius 2 is 1.81 bits per heavy atom. The third-order valence-corrected chi connectivity index (χ3v) is 3.44. The summed E-state index contributed by atoms with van der Waals surface area (Å²) in [5.74, 6) is 2.07. The van der Waals surface area contributed by atoms with Crippen molar-refractivity contribution in [2.45, 2.75) is 20.4 Å². The van der Waals surface area contributed by atoms with Gasteiger partial charge < -0.3 is 14.4 Å². The molecule has 0 spiro atoms.